The van der Waals surface area contributed by atoms with Crippen molar-refractivity contribution in [2.75, 3.05) is 39.4 Å². The van der Waals surface area contributed by atoms with Crippen molar-refractivity contribution in [3.8, 4) is 0 Å². The first-order chi connectivity index (χ1) is 9.83. The van der Waals surface area contributed by atoms with Gasteiger partial charge in [0.25, 0.3) is 0 Å². The van der Waals surface area contributed by atoms with Crippen LogP contribution in [0, 0.1) is 0 Å². The summed E-state index contributed by atoms with van der Waals surface area (Å²) < 4.78 is 6.63. The largest absolute Gasteiger partial charge is 0.379 e. The highest BCUT2D eigenvalue weighted by Gasteiger charge is 2.11. The number of fused-ring (bicyclic) bond motifs is 1. The summed E-state index contributed by atoms with van der Waals surface area (Å²) in [7, 11) is 0. The number of hydrogen-bond acceptors (Lipinski definition) is 5. The van der Waals surface area contributed by atoms with Crippen LogP contribution >= 0.6 is 11.3 Å². The van der Waals surface area contributed by atoms with Crippen LogP contribution in [0.15, 0.2) is 23.7 Å². The molecule has 1 fully saturated rings. The molecule has 0 spiro atoms. The Hall–Kier alpha value is -1.01. The normalized spacial score (nSPS) is 18.4. The molecular formula is C15H21N3OS. The molecule has 1 aliphatic rings. The van der Waals surface area contributed by atoms with Crippen LogP contribution in [0.25, 0.3) is 10.2 Å². The van der Waals surface area contributed by atoms with Crippen LogP contribution in [0.2, 0.25) is 0 Å². The summed E-state index contributed by atoms with van der Waals surface area (Å²) in [6.07, 6.45) is 1.99. The molecule has 2 aromatic rings. The lowest BCUT2D eigenvalue weighted by Gasteiger charge is -2.27. The van der Waals surface area contributed by atoms with Gasteiger partial charge in [0.2, 0.25) is 0 Å². The molecule has 4 nitrogen and oxygen atoms in total. The first-order valence-corrected chi connectivity index (χ1v) is 8.07. The number of pyridine rings is 1. The van der Waals surface area contributed by atoms with Crippen molar-refractivity contribution >= 4 is 21.6 Å². The molecule has 2 aromatic heterocycles. The first-order valence-electron chi connectivity index (χ1n) is 7.19. The minimum absolute atomic E-state index is 0.343. The van der Waals surface area contributed by atoms with Crippen molar-refractivity contribution in [3.05, 3.63) is 29.3 Å². The van der Waals surface area contributed by atoms with Crippen LogP contribution in [0.4, 0.5) is 0 Å². The maximum Gasteiger partial charge on any atom is 0.0809 e. The quantitative estimate of drug-likeness (QED) is 0.917. The van der Waals surface area contributed by atoms with Gasteiger partial charge in [0.1, 0.15) is 0 Å². The van der Waals surface area contributed by atoms with Gasteiger partial charge in [0.15, 0.2) is 0 Å². The highest BCUT2D eigenvalue weighted by molar-refractivity contribution is 7.17. The summed E-state index contributed by atoms with van der Waals surface area (Å²) >= 11 is 1.75. The van der Waals surface area contributed by atoms with Gasteiger partial charge in [-0.05, 0) is 30.0 Å². The van der Waals surface area contributed by atoms with E-state index in [1.165, 1.54) is 10.3 Å². The first kappa shape index (κ1) is 13.9. The monoisotopic (exact) mass is 291 g/mol. The number of morpholine rings is 1. The molecule has 1 unspecified atom stereocenters. The summed E-state index contributed by atoms with van der Waals surface area (Å²) in [4.78, 5) is 6.95. The lowest BCUT2D eigenvalue weighted by molar-refractivity contribution is 0.0382. The van der Waals surface area contributed by atoms with E-state index in [1.54, 1.807) is 11.3 Å². The van der Waals surface area contributed by atoms with Crippen LogP contribution in [-0.4, -0.2) is 49.3 Å². The van der Waals surface area contributed by atoms with Crippen LogP contribution in [0.3, 0.4) is 0 Å². The van der Waals surface area contributed by atoms with Crippen molar-refractivity contribution in [1.29, 1.82) is 0 Å². The minimum Gasteiger partial charge on any atom is -0.379 e. The average molecular weight is 291 g/mol. The summed E-state index contributed by atoms with van der Waals surface area (Å²) in [6.45, 7) is 8.14. The standard InChI is InChI=1S/C15H21N3OS/c1-12(16-3-4-18-5-7-19-8-6-18)13-10-15-14(17-11-13)2-9-20-15/h2,9-12,16H,3-8H2,1H3. The van der Waals surface area contributed by atoms with Crippen molar-refractivity contribution in [2.24, 2.45) is 0 Å². The zero-order chi connectivity index (χ0) is 13.8. The highest BCUT2D eigenvalue weighted by Crippen LogP contribution is 2.22. The second-order valence-electron chi connectivity index (χ2n) is 5.20. The smallest absolute Gasteiger partial charge is 0.0809 e. The van der Waals surface area contributed by atoms with Crippen molar-refractivity contribution in [2.45, 2.75) is 13.0 Å². The Morgan fingerprint density at radius 3 is 3.15 bits per heavy atom. The molecule has 0 radical (unpaired) electrons. The number of nitrogens with zero attached hydrogens (tertiary/aromatic N) is 2. The van der Waals surface area contributed by atoms with Gasteiger partial charge in [-0.1, -0.05) is 0 Å². The zero-order valence-electron chi connectivity index (χ0n) is 11.8. The molecule has 0 aliphatic carbocycles. The molecule has 108 valence electrons. The van der Waals surface area contributed by atoms with Crippen LogP contribution in [0.5, 0.6) is 0 Å². The van der Waals surface area contributed by atoms with Crippen molar-refractivity contribution in [3.63, 3.8) is 0 Å². The SMILES string of the molecule is CC(NCCN1CCOCC1)c1cnc2ccsc2c1. The Labute approximate surface area is 123 Å². The lowest BCUT2D eigenvalue weighted by atomic mass is 10.1. The summed E-state index contributed by atoms with van der Waals surface area (Å²) in [6, 6.07) is 4.66. The maximum atomic E-state index is 5.36. The van der Waals surface area contributed by atoms with E-state index in [0.717, 1.165) is 44.9 Å². The maximum absolute atomic E-state index is 5.36. The molecule has 5 heteroatoms. The summed E-state index contributed by atoms with van der Waals surface area (Å²) in [5.74, 6) is 0. The van der Waals surface area contributed by atoms with E-state index in [4.69, 9.17) is 4.74 Å². The van der Waals surface area contributed by atoms with Crippen LogP contribution < -0.4 is 5.32 Å². The lowest BCUT2D eigenvalue weighted by Crippen LogP contribution is -2.40. The van der Waals surface area contributed by atoms with Gasteiger partial charge in [-0.25, -0.2) is 0 Å². The van der Waals surface area contributed by atoms with Crippen LogP contribution in [0.1, 0.15) is 18.5 Å². The Morgan fingerprint density at radius 1 is 1.45 bits per heavy atom. The number of thiophene rings is 1. The Bertz CT molecular complexity index is 551. The van der Waals surface area contributed by atoms with Crippen molar-refractivity contribution < 1.29 is 4.74 Å². The molecule has 1 N–H and O–H groups in total. The minimum atomic E-state index is 0.343. The van der Waals surface area contributed by atoms with E-state index >= 15 is 0 Å². The Morgan fingerprint density at radius 2 is 2.30 bits per heavy atom. The van der Waals surface area contributed by atoms with E-state index in [2.05, 4.69) is 39.6 Å². The predicted molar refractivity (Wildman–Crippen MR) is 83.3 cm³/mol. The fraction of sp³-hybridized carbons (Fsp3) is 0.533. The van der Waals surface area contributed by atoms with Gasteiger partial charge in [-0.3, -0.25) is 9.88 Å². The molecule has 0 amide bonds. The molecule has 1 aliphatic heterocycles. The number of ether oxygens (including phenoxy) is 1. The summed E-state index contributed by atoms with van der Waals surface area (Å²) in [5.41, 5.74) is 2.36. The molecule has 0 bridgehead atoms. The summed E-state index contributed by atoms with van der Waals surface area (Å²) in [5, 5.41) is 5.68. The third-order valence-electron chi connectivity index (χ3n) is 3.81. The number of aromatic nitrogens is 1. The Kier molecular flexibility index (Phi) is 4.62. The molecular weight excluding hydrogens is 270 g/mol. The third-order valence-corrected chi connectivity index (χ3v) is 4.66. The molecule has 3 heterocycles. The molecule has 20 heavy (non-hydrogen) atoms. The molecule has 1 atom stereocenters. The fourth-order valence-corrected chi connectivity index (χ4v) is 3.27. The molecule has 0 saturated carbocycles. The average Bonchev–Trinajstić information content (AvgIpc) is 2.95. The third kappa shape index (κ3) is 3.35. The topological polar surface area (TPSA) is 37.4 Å². The second kappa shape index (κ2) is 6.63. The van der Waals surface area contributed by atoms with Gasteiger partial charge in [-0.2, -0.15) is 0 Å². The van der Waals surface area contributed by atoms with Gasteiger partial charge in [0, 0.05) is 38.4 Å². The van der Waals surface area contributed by atoms with Gasteiger partial charge < -0.3 is 10.1 Å². The number of hydrogen-bond donors (Lipinski definition) is 1. The van der Waals surface area contributed by atoms with Crippen LogP contribution in [-0.2, 0) is 4.74 Å². The van der Waals surface area contributed by atoms with Gasteiger partial charge in [-0.15, -0.1) is 11.3 Å². The number of rotatable bonds is 5. The van der Waals surface area contributed by atoms with E-state index in [-0.39, 0.29) is 0 Å². The molecule has 0 aromatic carbocycles. The zero-order valence-corrected chi connectivity index (χ0v) is 12.7. The second-order valence-corrected chi connectivity index (χ2v) is 6.15. The predicted octanol–water partition coefficient (Wildman–Crippen LogP) is 2.28. The number of nitrogens with one attached hydrogen (secondary N) is 1. The van der Waals surface area contributed by atoms with E-state index in [9.17, 15) is 0 Å². The molecule has 3 rings (SSSR count). The highest BCUT2D eigenvalue weighted by atomic mass is 32.1. The van der Waals surface area contributed by atoms with Gasteiger partial charge >= 0.3 is 0 Å². The fourth-order valence-electron chi connectivity index (χ4n) is 2.48. The van der Waals surface area contributed by atoms with E-state index in [1.807, 2.05) is 6.20 Å². The van der Waals surface area contributed by atoms with Gasteiger partial charge in [0.05, 0.1) is 23.4 Å². The Balaban J connectivity index is 1.51. The van der Waals surface area contributed by atoms with Crippen molar-refractivity contribution in [1.82, 2.24) is 15.2 Å². The van der Waals surface area contributed by atoms with E-state index < -0.39 is 0 Å². The van der Waals surface area contributed by atoms with E-state index in [0.29, 0.717) is 6.04 Å². The molecule has 1 saturated heterocycles.